The van der Waals surface area contributed by atoms with Gasteiger partial charge in [-0.2, -0.15) is 0 Å². The van der Waals surface area contributed by atoms with Crippen LogP contribution >= 0.6 is 11.6 Å². The molecule has 0 fully saturated rings. The number of nitrogens with zero attached hydrogens (tertiary/aromatic N) is 3. The average molecular weight is 432 g/mol. The Balaban J connectivity index is 1.81. The number of rotatable bonds is 3. The lowest BCUT2D eigenvalue weighted by Gasteiger charge is -2.12. The van der Waals surface area contributed by atoms with E-state index in [1.54, 1.807) is 0 Å². The zero-order chi connectivity index (χ0) is 21.5. The normalized spacial score (nSPS) is 11.3. The van der Waals surface area contributed by atoms with E-state index in [4.69, 9.17) is 21.6 Å². The first kappa shape index (κ1) is 18.8. The molecule has 3 nitrogen and oxygen atoms in total. The molecule has 0 unspecified atom stereocenters. The van der Waals surface area contributed by atoms with Gasteiger partial charge in [0.15, 0.2) is 0 Å². The zero-order valence-corrected chi connectivity index (χ0v) is 17.9. The maximum absolute atomic E-state index is 6.18. The summed E-state index contributed by atoms with van der Waals surface area (Å²) in [7, 11) is 0. The molecule has 2 aromatic heterocycles. The number of hydrogen-bond donors (Lipinski definition) is 0. The zero-order valence-electron chi connectivity index (χ0n) is 17.1. The molecular formula is C28H18ClN3. The van der Waals surface area contributed by atoms with Crippen molar-refractivity contribution < 1.29 is 0 Å². The maximum atomic E-state index is 6.18. The Morgan fingerprint density at radius 1 is 0.562 bits per heavy atom. The third-order valence-electron chi connectivity index (χ3n) is 5.66. The first-order valence-electron chi connectivity index (χ1n) is 10.5. The molecule has 0 aliphatic carbocycles. The van der Waals surface area contributed by atoms with Crippen molar-refractivity contribution in [3.8, 4) is 33.9 Å². The van der Waals surface area contributed by atoms with Crippen molar-refractivity contribution in [3.63, 3.8) is 0 Å². The summed E-state index contributed by atoms with van der Waals surface area (Å²) in [5, 5.41) is 1.72. The Kier molecular flexibility index (Phi) is 4.48. The monoisotopic (exact) mass is 431 g/mol. The lowest BCUT2D eigenvalue weighted by Crippen LogP contribution is -2.00. The highest BCUT2D eigenvalue weighted by molar-refractivity contribution is 6.30. The van der Waals surface area contributed by atoms with E-state index in [0.29, 0.717) is 5.02 Å². The van der Waals surface area contributed by atoms with Crippen LogP contribution in [-0.4, -0.2) is 14.4 Å². The van der Waals surface area contributed by atoms with Gasteiger partial charge in [-0.05, 0) is 36.4 Å². The van der Waals surface area contributed by atoms with Gasteiger partial charge in [0.1, 0.15) is 11.5 Å². The molecule has 6 aromatic rings. The summed E-state index contributed by atoms with van der Waals surface area (Å²) in [6.45, 7) is 0. The fourth-order valence-electron chi connectivity index (χ4n) is 4.18. The summed E-state index contributed by atoms with van der Waals surface area (Å²) in [5.74, 6) is 0.837. The molecule has 0 bridgehead atoms. The Morgan fingerprint density at radius 3 is 1.91 bits per heavy atom. The first-order valence-corrected chi connectivity index (χ1v) is 10.9. The SMILES string of the molecule is Clc1ccc(-c2nc3ccccc3c3nc(-c4ccccc4)c(-c4ccccc4)n23)cc1. The van der Waals surface area contributed by atoms with Crippen LogP contribution in [0.1, 0.15) is 0 Å². The minimum atomic E-state index is 0.699. The van der Waals surface area contributed by atoms with Gasteiger partial charge < -0.3 is 0 Å². The van der Waals surface area contributed by atoms with Crippen molar-refractivity contribution in [1.29, 1.82) is 0 Å². The number of para-hydroxylation sites is 1. The summed E-state index contributed by atoms with van der Waals surface area (Å²) >= 11 is 6.18. The molecule has 0 spiro atoms. The molecule has 4 aromatic carbocycles. The maximum Gasteiger partial charge on any atom is 0.149 e. The minimum Gasteiger partial charge on any atom is -0.275 e. The Labute approximate surface area is 190 Å². The van der Waals surface area contributed by atoms with Crippen LogP contribution in [0.2, 0.25) is 5.02 Å². The van der Waals surface area contributed by atoms with Crippen LogP contribution < -0.4 is 0 Å². The van der Waals surface area contributed by atoms with Gasteiger partial charge in [0.2, 0.25) is 0 Å². The molecule has 0 saturated carbocycles. The fraction of sp³-hybridized carbons (Fsp3) is 0. The fourth-order valence-corrected chi connectivity index (χ4v) is 4.31. The lowest BCUT2D eigenvalue weighted by atomic mass is 10.0. The van der Waals surface area contributed by atoms with Crippen molar-refractivity contribution in [3.05, 3.63) is 114 Å². The van der Waals surface area contributed by atoms with E-state index in [0.717, 1.165) is 50.5 Å². The molecule has 152 valence electrons. The smallest absolute Gasteiger partial charge is 0.149 e. The summed E-state index contributed by atoms with van der Waals surface area (Å²) in [5.41, 5.74) is 6.90. The Hall–Kier alpha value is -3.95. The van der Waals surface area contributed by atoms with Gasteiger partial charge >= 0.3 is 0 Å². The van der Waals surface area contributed by atoms with Crippen molar-refractivity contribution in [2.75, 3.05) is 0 Å². The number of aromatic nitrogens is 3. The van der Waals surface area contributed by atoms with E-state index < -0.39 is 0 Å². The third-order valence-corrected chi connectivity index (χ3v) is 5.91. The van der Waals surface area contributed by atoms with Gasteiger partial charge in [0.25, 0.3) is 0 Å². The molecule has 0 N–H and O–H groups in total. The molecule has 0 aliphatic rings. The molecule has 2 heterocycles. The standard InChI is InChI=1S/C28H18ClN3/c29-22-17-15-21(16-18-22)27-30-24-14-8-7-13-23(24)28-31-25(19-9-3-1-4-10-19)26(32(27)28)20-11-5-2-6-12-20/h1-18H. The molecular weight excluding hydrogens is 414 g/mol. The van der Waals surface area contributed by atoms with Crippen LogP contribution in [0.4, 0.5) is 0 Å². The van der Waals surface area contributed by atoms with E-state index in [1.165, 1.54) is 0 Å². The summed E-state index contributed by atoms with van der Waals surface area (Å²) in [6, 6.07) is 36.7. The third kappa shape index (κ3) is 3.06. The van der Waals surface area contributed by atoms with Crippen molar-refractivity contribution in [1.82, 2.24) is 14.4 Å². The molecule has 4 heteroatoms. The minimum absolute atomic E-state index is 0.699. The topological polar surface area (TPSA) is 30.2 Å². The van der Waals surface area contributed by atoms with Crippen LogP contribution in [0.3, 0.4) is 0 Å². The van der Waals surface area contributed by atoms with Gasteiger partial charge in [-0.25, -0.2) is 9.97 Å². The molecule has 32 heavy (non-hydrogen) atoms. The highest BCUT2D eigenvalue weighted by Gasteiger charge is 2.21. The second-order valence-corrected chi connectivity index (χ2v) is 8.10. The lowest BCUT2D eigenvalue weighted by molar-refractivity contribution is 1.13. The number of halogens is 1. The Bertz CT molecular complexity index is 1550. The molecule has 0 atom stereocenters. The second-order valence-electron chi connectivity index (χ2n) is 7.66. The number of fused-ring (bicyclic) bond motifs is 3. The summed E-state index contributed by atoms with van der Waals surface area (Å²) < 4.78 is 2.18. The quantitative estimate of drug-likeness (QED) is 0.289. The van der Waals surface area contributed by atoms with Gasteiger partial charge in [0.05, 0.1) is 16.9 Å². The first-order chi connectivity index (χ1) is 15.8. The average Bonchev–Trinajstić information content (AvgIpc) is 3.26. The van der Waals surface area contributed by atoms with Crippen LogP contribution in [0.25, 0.3) is 50.5 Å². The molecule has 0 amide bonds. The van der Waals surface area contributed by atoms with E-state index in [9.17, 15) is 0 Å². The van der Waals surface area contributed by atoms with Crippen molar-refractivity contribution >= 4 is 28.2 Å². The van der Waals surface area contributed by atoms with Crippen LogP contribution in [0.15, 0.2) is 109 Å². The molecule has 6 rings (SSSR count). The van der Waals surface area contributed by atoms with Gasteiger partial charge in [0, 0.05) is 27.1 Å². The molecule has 0 saturated heterocycles. The highest BCUT2D eigenvalue weighted by Crippen LogP contribution is 2.37. The summed E-state index contributed by atoms with van der Waals surface area (Å²) in [4.78, 5) is 10.3. The molecule has 0 radical (unpaired) electrons. The van der Waals surface area contributed by atoms with Gasteiger partial charge in [-0.1, -0.05) is 84.4 Å². The predicted molar refractivity (Wildman–Crippen MR) is 132 cm³/mol. The number of imidazole rings is 1. The predicted octanol–water partition coefficient (Wildman–Crippen LogP) is 7.54. The van der Waals surface area contributed by atoms with Crippen molar-refractivity contribution in [2.45, 2.75) is 0 Å². The van der Waals surface area contributed by atoms with Gasteiger partial charge in [-0.3, -0.25) is 4.40 Å². The van der Waals surface area contributed by atoms with E-state index >= 15 is 0 Å². The second kappa shape index (κ2) is 7.63. The number of hydrogen-bond acceptors (Lipinski definition) is 2. The summed E-state index contributed by atoms with van der Waals surface area (Å²) in [6.07, 6.45) is 0. The largest absolute Gasteiger partial charge is 0.275 e. The van der Waals surface area contributed by atoms with Crippen LogP contribution in [0, 0.1) is 0 Å². The van der Waals surface area contributed by atoms with E-state index in [-0.39, 0.29) is 0 Å². The molecule has 0 aliphatic heterocycles. The Morgan fingerprint density at radius 2 is 1.19 bits per heavy atom. The van der Waals surface area contributed by atoms with E-state index in [1.807, 2.05) is 66.7 Å². The highest BCUT2D eigenvalue weighted by atomic mass is 35.5. The number of benzene rings is 4. The van der Waals surface area contributed by atoms with Gasteiger partial charge in [-0.15, -0.1) is 0 Å². The van der Waals surface area contributed by atoms with Crippen LogP contribution in [0.5, 0.6) is 0 Å². The van der Waals surface area contributed by atoms with Crippen LogP contribution in [-0.2, 0) is 0 Å². The van der Waals surface area contributed by atoms with Crippen molar-refractivity contribution in [2.24, 2.45) is 0 Å². The van der Waals surface area contributed by atoms with E-state index in [2.05, 4.69) is 46.9 Å².